The highest BCUT2D eigenvalue weighted by atomic mass is 16.6. The van der Waals surface area contributed by atoms with Crippen molar-refractivity contribution in [1.29, 1.82) is 0 Å². The van der Waals surface area contributed by atoms with Crippen LogP contribution in [0.2, 0.25) is 0 Å². The average Bonchev–Trinajstić information content (AvgIpc) is 3.28. The number of nitro groups is 1. The van der Waals surface area contributed by atoms with Crippen LogP contribution in [0.5, 0.6) is 17.2 Å². The monoisotopic (exact) mass is 920 g/mol. The molecule has 0 bridgehead atoms. The zero-order valence-electron chi connectivity index (χ0n) is 36.3. The first-order valence-corrected chi connectivity index (χ1v) is 20.1. The van der Waals surface area contributed by atoms with E-state index in [-0.39, 0.29) is 73.9 Å². The van der Waals surface area contributed by atoms with Gasteiger partial charge in [0.1, 0.15) is 11.8 Å². The van der Waals surface area contributed by atoms with Crippen molar-refractivity contribution in [2.45, 2.75) is 52.0 Å². The average molecular weight is 921 g/mol. The Bertz CT molecular complexity index is 2700. The molecule has 2 atom stereocenters. The van der Waals surface area contributed by atoms with Gasteiger partial charge in [-0.1, -0.05) is 0 Å². The van der Waals surface area contributed by atoms with Crippen molar-refractivity contribution < 1.29 is 68.0 Å². The van der Waals surface area contributed by atoms with Crippen molar-refractivity contribution in [2.75, 3.05) is 28.4 Å². The number of aromatic carboxylic acids is 1. The van der Waals surface area contributed by atoms with E-state index < -0.39 is 70.4 Å². The minimum absolute atomic E-state index is 0.0146. The smallest absolute Gasteiger partial charge is 0.335 e. The molecule has 0 unspecified atom stereocenters. The molecule has 5 rings (SSSR count). The summed E-state index contributed by atoms with van der Waals surface area (Å²) in [5, 5.41) is 54.1. The Kier molecular flexibility index (Phi) is 15.9. The van der Waals surface area contributed by atoms with E-state index in [4.69, 9.17) is 14.2 Å². The lowest BCUT2D eigenvalue weighted by molar-refractivity contribution is -0.384. The fraction of sp³-hybridized carbons (Fsp3) is 0.196. The lowest BCUT2D eigenvalue weighted by Gasteiger charge is -2.23. The number of nitrogens with zero attached hydrogens (tertiary/aromatic N) is 1. The third kappa shape index (κ3) is 12.7. The first-order chi connectivity index (χ1) is 31.8. The lowest BCUT2D eigenvalue weighted by atomic mass is 10.1. The molecular formula is C46H44N6O15. The van der Waals surface area contributed by atoms with Gasteiger partial charge in [0.2, 0.25) is 5.91 Å². The van der Waals surface area contributed by atoms with Crippen LogP contribution in [0.3, 0.4) is 0 Å². The molecule has 0 aliphatic carbocycles. The molecule has 5 aromatic rings. The Morgan fingerprint density at radius 1 is 0.597 bits per heavy atom. The van der Waals surface area contributed by atoms with Crippen molar-refractivity contribution in [1.82, 2.24) is 5.32 Å². The summed E-state index contributed by atoms with van der Waals surface area (Å²) in [4.78, 5) is 100. The summed E-state index contributed by atoms with van der Waals surface area (Å²) in [5.41, 5.74) is 0.0958. The van der Waals surface area contributed by atoms with Crippen molar-refractivity contribution >= 4 is 69.9 Å². The van der Waals surface area contributed by atoms with Gasteiger partial charge in [0, 0.05) is 47.3 Å². The highest BCUT2D eigenvalue weighted by molar-refractivity contribution is 6.10. The van der Waals surface area contributed by atoms with Crippen LogP contribution in [0.15, 0.2) is 103 Å². The van der Waals surface area contributed by atoms with Crippen LogP contribution in [0.25, 0.3) is 0 Å². The van der Waals surface area contributed by atoms with Gasteiger partial charge in [-0.2, -0.15) is 0 Å². The highest BCUT2D eigenvalue weighted by Crippen LogP contribution is 2.39. The number of hydrogen-bond acceptors (Lipinski definition) is 13. The van der Waals surface area contributed by atoms with Crippen LogP contribution in [0.1, 0.15) is 79.5 Å². The van der Waals surface area contributed by atoms with E-state index in [1.807, 2.05) is 0 Å². The number of aliphatic carboxylic acids is 1. The zero-order valence-corrected chi connectivity index (χ0v) is 36.3. The molecule has 0 aromatic heterocycles. The first kappa shape index (κ1) is 49.2. The molecule has 0 saturated heterocycles. The Morgan fingerprint density at radius 2 is 1.09 bits per heavy atom. The van der Waals surface area contributed by atoms with E-state index >= 15 is 0 Å². The number of phenols is 1. The Balaban J connectivity index is 1.27. The van der Waals surface area contributed by atoms with Gasteiger partial charge in [-0.3, -0.25) is 34.1 Å². The summed E-state index contributed by atoms with van der Waals surface area (Å²) < 4.78 is 16.5. The molecule has 0 aliphatic heterocycles. The highest BCUT2D eigenvalue weighted by Gasteiger charge is 2.36. The number of phenolic OH excluding ortho intramolecular Hbond substituents is 1. The van der Waals surface area contributed by atoms with E-state index in [1.54, 1.807) is 27.7 Å². The van der Waals surface area contributed by atoms with E-state index in [0.717, 1.165) is 7.11 Å². The van der Waals surface area contributed by atoms with Crippen molar-refractivity contribution in [3.63, 3.8) is 0 Å². The number of carboxylic acid groups (broad SMARTS) is 2. The maximum Gasteiger partial charge on any atom is 0.335 e. The van der Waals surface area contributed by atoms with Gasteiger partial charge in [0.15, 0.2) is 17.6 Å². The Morgan fingerprint density at radius 3 is 1.61 bits per heavy atom. The minimum atomic E-state index is -1.85. The lowest BCUT2D eigenvalue weighted by Crippen LogP contribution is -2.54. The van der Waals surface area contributed by atoms with Crippen LogP contribution in [0, 0.1) is 10.1 Å². The fourth-order valence-electron chi connectivity index (χ4n) is 6.15. The molecule has 348 valence electrons. The number of nitro benzene ring substituents is 1. The van der Waals surface area contributed by atoms with Gasteiger partial charge in [-0.25, -0.2) is 9.59 Å². The standard InChI is InChI=1S/C46H44N6O15/c1-23(2)66-35-22-28(45(59)60)12-20-33(35)49-43(57)32-19-21-34(38(37(32)53)67-24(3)4)50-41(55)25-6-15-30(16-7-25)48-44(58)36(39(65-5)46(61)62)51-42(56)26-8-13-29(14-9-26)47-40(54)27-10-17-31(18-11-27)52(63)64/h6-24,36,39,53H,1-5H3,(H,47,54)(H,48,58)(H,49,57)(H,50,55)(H,51,56)(H,59,60)(H,61,62)/t36-,39-/m1/s1. The van der Waals surface area contributed by atoms with E-state index in [1.165, 1.54) is 103 Å². The summed E-state index contributed by atoms with van der Waals surface area (Å²) in [6.07, 6.45) is -2.77. The summed E-state index contributed by atoms with van der Waals surface area (Å²) in [7, 11) is 1.03. The maximum absolute atomic E-state index is 13.5. The van der Waals surface area contributed by atoms with Crippen LogP contribution in [-0.2, 0) is 14.3 Å². The summed E-state index contributed by atoms with van der Waals surface area (Å²) in [6.45, 7) is 6.74. The number of carbonyl (C=O) groups excluding carboxylic acids is 5. The zero-order chi connectivity index (χ0) is 49.1. The number of benzene rings is 5. The number of non-ortho nitro benzene ring substituents is 1. The van der Waals surface area contributed by atoms with Crippen LogP contribution >= 0.6 is 0 Å². The molecule has 0 aliphatic rings. The second-order valence-corrected chi connectivity index (χ2v) is 14.9. The van der Waals surface area contributed by atoms with Crippen molar-refractivity contribution in [2.24, 2.45) is 0 Å². The topological polar surface area (TPSA) is 311 Å². The number of amides is 5. The molecule has 5 amide bonds. The number of aromatic hydroxyl groups is 1. The number of ether oxygens (including phenoxy) is 3. The maximum atomic E-state index is 13.5. The molecule has 0 radical (unpaired) electrons. The molecule has 0 spiro atoms. The predicted octanol–water partition coefficient (Wildman–Crippen LogP) is 6.17. The van der Waals surface area contributed by atoms with Gasteiger partial charge in [0.25, 0.3) is 29.3 Å². The quantitative estimate of drug-likeness (QED) is 0.0339. The molecule has 67 heavy (non-hydrogen) atoms. The second kappa shape index (κ2) is 21.7. The number of anilines is 4. The molecular weight excluding hydrogens is 877 g/mol. The van der Waals surface area contributed by atoms with Crippen molar-refractivity contribution in [3.05, 3.63) is 141 Å². The second-order valence-electron chi connectivity index (χ2n) is 14.9. The molecule has 8 N–H and O–H groups in total. The first-order valence-electron chi connectivity index (χ1n) is 20.1. The van der Waals surface area contributed by atoms with Gasteiger partial charge >= 0.3 is 11.9 Å². The molecule has 0 fully saturated rings. The van der Waals surface area contributed by atoms with Crippen LogP contribution in [0.4, 0.5) is 28.4 Å². The predicted molar refractivity (Wildman–Crippen MR) is 241 cm³/mol. The SMILES string of the molecule is CO[C@@H](C(=O)O)[C@@H](NC(=O)c1ccc(NC(=O)c2ccc([N+](=O)[O-])cc2)cc1)C(=O)Nc1ccc(C(=O)Nc2ccc(C(=O)Nc3ccc(C(=O)O)cc3OC(C)C)c(O)c2OC(C)C)cc1. The number of carboxylic acids is 2. The van der Waals surface area contributed by atoms with Crippen LogP contribution < -0.4 is 36.1 Å². The summed E-state index contributed by atoms with van der Waals surface area (Å²) in [5.74, 6) is -7.51. The molecule has 21 nitrogen and oxygen atoms in total. The number of methoxy groups -OCH3 is 1. The number of hydrogen-bond donors (Lipinski definition) is 8. The molecule has 0 heterocycles. The third-order valence-corrected chi connectivity index (χ3v) is 9.35. The van der Waals surface area contributed by atoms with E-state index in [9.17, 15) is 59.0 Å². The minimum Gasteiger partial charge on any atom is -0.504 e. The molecule has 5 aromatic carbocycles. The molecule has 0 saturated carbocycles. The summed E-state index contributed by atoms with van der Waals surface area (Å²) in [6, 6.07) is 20.2. The van der Waals surface area contributed by atoms with Gasteiger partial charge < -0.3 is 56.1 Å². The largest absolute Gasteiger partial charge is 0.504 e. The van der Waals surface area contributed by atoms with E-state index in [0.29, 0.717) is 0 Å². The van der Waals surface area contributed by atoms with Crippen LogP contribution in [-0.4, -0.2) is 93.2 Å². The van der Waals surface area contributed by atoms with E-state index in [2.05, 4.69) is 26.6 Å². The number of rotatable bonds is 19. The van der Waals surface area contributed by atoms with Crippen molar-refractivity contribution in [3.8, 4) is 17.2 Å². The van der Waals surface area contributed by atoms with Gasteiger partial charge in [-0.05, 0) is 119 Å². The van der Waals surface area contributed by atoms with Gasteiger partial charge in [0.05, 0.1) is 39.6 Å². The number of carbonyl (C=O) groups is 7. The third-order valence-electron chi connectivity index (χ3n) is 9.35. The van der Waals surface area contributed by atoms with Gasteiger partial charge in [-0.15, -0.1) is 0 Å². The fourth-order valence-corrected chi connectivity index (χ4v) is 6.15. The molecule has 21 heteroatoms. The number of nitrogens with one attached hydrogen (secondary N) is 5. The summed E-state index contributed by atoms with van der Waals surface area (Å²) >= 11 is 0. The Hall–Kier alpha value is -8.85. The normalized spacial score (nSPS) is 11.7. The Labute approximate surface area is 381 Å².